The molecule has 3 atom stereocenters. The molecule has 3 N–H and O–H groups in total. The number of amides is 2. The van der Waals surface area contributed by atoms with Crippen LogP contribution < -0.4 is 25.6 Å². The third-order valence-electron chi connectivity index (χ3n) is 7.28. The summed E-state index contributed by atoms with van der Waals surface area (Å²) in [6.45, 7) is 6.07. The molecule has 4 heterocycles. The van der Waals surface area contributed by atoms with Crippen molar-refractivity contribution in [3.63, 3.8) is 0 Å². The van der Waals surface area contributed by atoms with E-state index in [1.54, 1.807) is 31.6 Å². The van der Waals surface area contributed by atoms with Crippen LogP contribution in [0.2, 0.25) is 0 Å². The third-order valence-corrected chi connectivity index (χ3v) is 7.28. The molecule has 2 fully saturated rings. The minimum atomic E-state index is -0.521. The summed E-state index contributed by atoms with van der Waals surface area (Å²) in [6.07, 6.45) is 4.52. The number of nitrogens with one attached hydrogen (secondary N) is 3. The molecular formula is C28H31FN8O3. The van der Waals surface area contributed by atoms with Gasteiger partial charge in [-0.05, 0) is 44.5 Å². The van der Waals surface area contributed by atoms with Crippen molar-refractivity contribution in [3.05, 3.63) is 48.0 Å². The zero-order valence-corrected chi connectivity index (χ0v) is 22.6. The second-order valence-electron chi connectivity index (χ2n) is 10.7. The molecule has 0 bridgehead atoms. The van der Waals surface area contributed by atoms with E-state index in [0.29, 0.717) is 40.4 Å². The van der Waals surface area contributed by atoms with E-state index in [4.69, 9.17) is 4.74 Å². The van der Waals surface area contributed by atoms with E-state index in [-0.39, 0.29) is 42.2 Å². The number of aromatic nitrogens is 4. The largest absolute Gasteiger partial charge is 0.461 e. The van der Waals surface area contributed by atoms with Crippen LogP contribution in [0.1, 0.15) is 37.0 Å². The van der Waals surface area contributed by atoms with Gasteiger partial charge in [-0.2, -0.15) is 10.1 Å². The van der Waals surface area contributed by atoms with Gasteiger partial charge in [-0.1, -0.05) is 0 Å². The number of piperazine rings is 1. The number of aryl methyl sites for hydroxylation is 1. The highest BCUT2D eigenvalue weighted by atomic mass is 19.1. The zero-order valence-electron chi connectivity index (χ0n) is 22.6. The van der Waals surface area contributed by atoms with E-state index in [9.17, 15) is 14.0 Å². The average molecular weight is 547 g/mol. The Balaban J connectivity index is 1.35. The number of halogens is 1. The number of benzene rings is 2. The van der Waals surface area contributed by atoms with Crippen molar-refractivity contribution >= 4 is 45.0 Å². The van der Waals surface area contributed by atoms with E-state index in [2.05, 4.69) is 49.8 Å². The first-order chi connectivity index (χ1) is 19.2. The molecule has 208 valence electrons. The molecule has 2 aromatic heterocycles. The minimum Gasteiger partial charge on any atom is -0.461 e. The minimum absolute atomic E-state index is 0.00276. The fourth-order valence-electron chi connectivity index (χ4n) is 5.60. The number of hydrogen-bond donors (Lipinski definition) is 3. The summed E-state index contributed by atoms with van der Waals surface area (Å²) in [5, 5.41) is 14.6. The highest BCUT2D eigenvalue weighted by Crippen LogP contribution is 2.31. The molecule has 4 aromatic rings. The van der Waals surface area contributed by atoms with Crippen LogP contribution in [-0.4, -0.2) is 69.4 Å². The van der Waals surface area contributed by atoms with E-state index < -0.39 is 11.7 Å². The second kappa shape index (κ2) is 10.3. The van der Waals surface area contributed by atoms with Gasteiger partial charge in [0.05, 0.1) is 17.1 Å². The van der Waals surface area contributed by atoms with Crippen molar-refractivity contribution in [1.29, 1.82) is 0 Å². The van der Waals surface area contributed by atoms with Crippen LogP contribution in [0.25, 0.3) is 21.8 Å². The Kier molecular flexibility index (Phi) is 6.70. The molecule has 2 aliphatic rings. The molecule has 0 radical (unpaired) electrons. The van der Waals surface area contributed by atoms with Gasteiger partial charge in [0.25, 0.3) is 5.91 Å². The number of rotatable bonds is 6. The van der Waals surface area contributed by atoms with Crippen molar-refractivity contribution in [2.24, 2.45) is 7.05 Å². The Morgan fingerprint density at radius 1 is 1.20 bits per heavy atom. The summed E-state index contributed by atoms with van der Waals surface area (Å²) in [6, 6.07) is 7.15. The Morgan fingerprint density at radius 2 is 2.00 bits per heavy atom. The molecule has 0 spiro atoms. The molecule has 40 heavy (non-hydrogen) atoms. The maximum absolute atomic E-state index is 14.7. The fourth-order valence-corrected chi connectivity index (χ4v) is 5.60. The van der Waals surface area contributed by atoms with E-state index in [1.807, 2.05) is 6.07 Å². The number of ether oxygens (including phenoxy) is 1. The number of fused-ring (bicyclic) bond motifs is 2. The molecule has 2 amide bonds. The summed E-state index contributed by atoms with van der Waals surface area (Å²) in [5.41, 5.74) is 2.21. The van der Waals surface area contributed by atoms with Gasteiger partial charge >= 0.3 is 6.01 Å². The van der Waals surface area contributed by atoms with Gasteiger partial charge in [0.15, 0.2) is 5.82 Å². The summed E-state index contributed by atoms with van der Waals surface area (Å²) in [4.78, 5) is 36.5. The standard InChI is InChI=1S/C28H31FN8O3/c1-15-11-37(12-16(2)31-15)23-6-5-20(27(39)33-19-8-17-13-36(3)35-25(17)22(29)9-19)26-21(23)10-30-28(34-26)40-14-18-4-7-24(38)32-18/h5-6,8-10,13,15-16,18,31H,4,7,11-12,14H2,1-3H3,(H,32,38)(H,33,39). The van der Waals surface area contributed by atoms with Gasteiger partial charge in [-0.25, -0.2) is 9.37 Å². The van der Waals surface area contributed by atoms with Crippen molar-refractivity contribution in [3.8, 4) is 6.01 Å². The van der Waals surface area contributed by atoms with Gasteiger partial charge < -0.3 is 25.6 Å². The first-order valence-electron chi connectivity index (χ1n) is 13.4. The Hall–Kier alpha value is -4.32. The van der Waals surface area contributed by atoms with Gasteiger partial charge in [0, 0.05) is 73.2 Å². The first-order valence-corrected chi connectivity index (χ1v) is 13.4. The van der Waals surface area contributed by atoms with E-state index in [1.165, 1.54) is 10.7 Å². The number of carbonyl (C=O) groups excluding carboxylic acids is 2. The summed E-state index contributed by atoms with van der Waals surface area (Å²) >= 11 is 0. The lowest BCUT2D eigenvalue weighted by atomic mass is 10.0. The Bertz CT molecular complexity index is 1610. The lowest BCUT2D eigenvalue weighted by Crippen LogP contribution is -2.54. The molecule has 2 saturated heterocycles. The van der Waals surface area contributed by atoms with Gasteiger partial charge in [-0.3, -0.25) is 14.3 Å². The van der Waals surface area contributed by atoms with Crippen LogP contribution in [0.4, 0.5) is 15.8 Å². The summed E-state index contributed by atoms with van der Waals surface area (Å²) < 4.78 is 22.0. The third kappa shape index (κ3) is 5.14. The van der Waals surface area contributed by atoms with Crippen molar-refractivity contribution in [2.75, 3.05) is 29.9 Å². The Labute approximate surface area is 230 Å². The van der Waals surface area contributed by atoms with Gasteiger partial charge in [0.2, 0.25) is 5.91 Å². The number of carbonyl (C=O) groups is 2. The molecule has 3 unspecified atom stereocenters. The second-order valence-corrected chi connectivity index (χ2v) is 10.7. The SMILES string of the molecule is CC1CN(c2ccc(C(=O)Nc3cc(F)c4nn(C)cc4c3)c3nc(OCC4CCC(=O)N4)ncc23)CC(C)N1. The van der Waals surface area contributed by atoms with Crippen molar-refractivity contribution < 1.29 is 18.7 Å². The van der Waals surface area contributed by atoms with Crippen LogP contribution in [0.5, 0.6) is 6.01 Å². The summed E-state index contributed by atoms with van der Waals surface area (Å²) in [5.74, 6) is -0.960. The van der Waals surface area contributed by atoms with Crippen LogP contribution in [0.3, 0.4) is 0 Å². The lowest BCUT2D eigenvalue weighted by molar-refractivity contribution is -0.119. The van der Waals surface area contributed by atoms with E-state index in [0.717, 1.165) is 18.8 Å². The van der Waals surface area contributed by atoms with Crippen LogP contribution >= 0.6 is 0 Å². The van der Waals surface area contributed by atoms with E-state index >= 15 is 0 Å². The number of anilines is 2. The van der Waals surface area contributed by atoms with Crippen LogP contribution in [0.15, 0.2) is 36.7 Å². The molecule has 2 aromatic carbocycles. The highest BCUT2D eigenvalue weighted by molar-refractivity contribution is 6.14. The van der Waals surface area contributed by atoms with Crippen molar-refractivity contribution in [2.45, 2.75) is 44.8 Å². The normalized spacial score (nSPS) is 21.1. The molecule has 11 nitrogen and oxygen atoms in total. The number of nitrogens with zero attached hydrogens (tertiary/aromatic N) is 5. The smallest absolute Gasteiger partial charge is 0.317 e. The Morgan fingerprint density at radius 3 is 2.75 bits per heavy atom. The van der Waals surface area contributed by atoms with Crippen molar-refractivity contribution in [1.82, 2.24) is 30.4 Å². The number of hydrogen-bond acceptors (Lipinski definition) is 8. The monoisotopic (exact) mass is 546 g/mol. The van der Waals surface area contributed by atoms with Crippen LogP contribution in [-0.2, 0) is 11.8 Å². The maximum atomic E-state index is 14.7. The zero-order chi connectivity index (χ0) is 28.0. The maximum Gasteiger partial charge on any atom is 0.317 e. The molecule has 6 rings (SSSR count). The summed E-state index contributed by atoms with van der Waals surface area (Å²) in [7, 11) is 1.71. The molecule has 0 aliphatic carbocycles. The fraction of sp³-hybridized carbons (Fsp3) is 0.393. The predicted octanol–water partition coefficient (Wildman–Crippen LogP) is 2.75. The predicted molar refractivity (Wildman–Crippen MR) is 149 cm³/mol. The van der Waals surface area contributed by atoms with Gasteiger partial charge in [-0.15, -0.1) is 0 Å². The van der Waals surface area contributed by atoms with Crippen LogP contribution in [0, 0.1) is 5.82 Å². The molecule has 0 saturated carbocycles. The molecular weight excluding hydrogens is 515 g/mol. The topological polar surface area (TPSA) is 126 Å². The molecule has 2 aliphatic heterocycles. The quantitative estimate of drug-likeness (QED) is 0.337. The lowest BCUT2D eigenvalue weighted by Gasteiger charge is -2.38. The molecule has 12 heteroatoms. The average Bonchev–Trinajstić information content (AvgIpc) is 3.50. The van der Waals surface area contributed by atoms with Gasteiger partial charge in [0.1, 0.15) is 12.1 Å². The highest BCUT2D eigenvalue weighted by Gasteiger charge is 2.26. The first kappa shape index (κ1) is 25.9.